The van der Waals surface area contributed by atoms with Crippen LogP contribution in [0.25, 0.3) is 0 Å². The van der Waals surface area contributed by atoms with Gasteiger partial charge < -0.3 is 10.2 Å². The average molecular weight is 292 g/mol. The number of rotatable bonds is 4. The first-order chi connectivity index (χ1) is 9.63. The van der Waals surface area contributed by atoms with Crippen molar-refractivity contribution in [1.82, 2.24) is 10.2 Å². The Morgan fingerprint density at radius 1 is 1.24 bits per heavy atom. The Morgan fingerprint density at radius 2 is 1.76 bits per heavy atom. The SMILES string of the molecule is C=C(C)C(C)(C)NC(=O)C1C2C[C@H]1CN(C(=O)C(C)C)C2. The van der Waals surface area contributed by atoms with E-state index in [1.54, 1.807) is 0 Å². The van der Waals surface area contributed by atoms with Gasteiger partial charge in [-0.15, -0.1) is 0 Å². The summed E-state index contributed by atoms with van der Waals surface area (Å²) in [6.45, 7) is 15.2. The van der Waals surface area contributed by atoms with Crippen LogP contribution in [0, 0.1) is 23.7 Å². The van der Waals surface area contributed by atoms with E-state index in [0.717, 1.165) is 25.1 Å². The van der Waals surface area contributed by atoms with Gasteiger partial charge in [-0.1, -0.05) is 26.0 Å². The van der Waals surface area contributed by atoms with E-state index in [1.165, 1.54) is 0 Å². The van der Waals surface area contributed by atoms with E-state index in [1.807, 2.05) is 39.5 Å². The molecule has 21 heavy (non-hydrogen) atoms. The van der Waals surface area contributed by atoms with Crippen LogP contribution in [-0.4, -0.2) is 35.3 Å². The van der Waals surface area contributed by atoms with Crippen LogP contribution < -0.4 is 5.32 Å². The van der Waals surface area contributed by atoms with Crippen LogP contribution in [0.5, 0.6) is 0 Å². The monoisotopic (exact) mass is 292 g/mol. The first-order valence-electron chi connectivity index (χ1n) is 7.90. The lowest BCUT2D eigenvalue weighted by atomic mass is 9.61. The second-order valence-corrected chi connectivity index (χ2v) is 7.57. The maximum Gasteiger partial charge on any atom is 0.225 e. The summed E-state index contributed by atoms with van der Waals surface area (Å²) in [6, 6.07) is 0. The number of carbonyl (C=O) groups excluding carboxylic acids is 2. The van der Waals surface area contributed by atoms with Crippen molar-refractivity contribution in [2.45, 2.75) is 46.6 Å². The second-order valence-electron chi connectivity index (χ2n) is 7.57. The minimum absolute atomic E-state index is 0.0390. The van der Waals surface area contributed by atoms with Gasteiger partial charge in [0.15, 0.2) is 0 Å². The largest absolute Gasteiger partial charge is 0.347 e. The maximum atomic E-state index is 12.5. The normalized spacial score (nSPS) is 28.1. The molecule has 118 valence electrons. The lowest BCUT2D eigenvalue weighted by molar-refractivity contribution is -0.154. The van der Waals surface area contributed by atoms with Crippen LogP contribution in [0.4, 0.5) is 0 Å². The van der Waals surface area contributed by atoms with Crippen molar-refractivity contribution in [3.05, 3.63) is 12.2 Å². The van der Waals surface area contributed by atoms with Gasteiger partial charge in [0, 0.05) is 24.9 Å². The molecule has 4 nitrogen and oxygen atoms in total. The van der Waals surface area contributed by atoms with E-state index in [2.05, 4.69) is 11.9 Å². The molecule has 3 rings (SSSR count). The zero-order valence-electron chi connectivity index (χ0n) is 13.9. The topological polar surface area (TPSA) is 49.4 Å². The molecule has 0 aromatic heterocycles. The summed E-state index contributed by atoms with van der Waals surface area (Å²) in [6.07, 6.45) is 1.08. The molecule has 4 heteroatoms. The third-order valence-corrected chi connectivity index (χ3v) is 5.14. The van der Waals surface area contributed by atoms with Crippen LogP contribution in [0.3, 0.4) is 0 Å². The first-order valence-corrected chi connectivity index (χ1v) is 7.90. The Labute approximate surface area is 128 Å². The molecule has 2 saturated heterocycles. The third kappa shape index (κ3) is 2.99. The van der Waals surface area contributed by atoms with Crippen LogP contribution in [-0.2, 0) is 9.59 Å². The van der Waals surface area contributed by atoms with Crippen molar-refractivity contribution in [2.75, 3.05) is 13.1 Å². The van der Waals surface area contributed by atoms with E-state index in [4.69, 9.17) is 0 Å². The molecule has 0 aromatic carbocycles. The summed E-state index contributed by atoms with van der Waals surface area (Å²) < 4.78 is 0. The Bertz CT molecular complexity index is 455. The molecule has 1 aliphatic carbocycles. The standard InChI is InChI=1S/C17H28N2O2/c1-10(2)16(21)19-8-12-7-13(9-19)14(12)15(20)18-17(5,6)11(3)4/h10,12-14H,3,7-9H2,1-2,4-6H3,(H,18,20)/t12-,13?,14?/m0/s1. The molecular formula is C17H28N2O2. The van der Waals surface area contributed by atoms with Crippen molar-refractivity contribution in [2.24, 2.45) is 23.7 Å². The Morgan fingerprint density at radius 3 is 2.19 bits per heavy atom. The van der Waals surface area contributed by atoms with E-state index >= 15 is 0 Å². The van der Waals surface area contributed by atoms with Gasteiger partial charge in [0.2, 0.25) is 11.8 Å². The van der Waals surface area contributed by atoms with Gasteiger partial charge in [0.25, 0.3) is 0 Å². The van der Waals surface area contributed by atoms with Crippen molar-refractivity contribution in [1.29, 1.82) is 0 Å². The van der Waals surface area contributed by atoms with Gasteiger partial charge >= 0.3 is 0 Å². The highest BCUT2D eigenvalue weighted by molar-refractivity contribution is 5.83. The smallest absolute Gasteiger partial charge is 0.225 e. The number of nitrogens with zero attached hydrogens (tertiary/aromatic N) is 1. The van der Waals surface area contributed by atoms with Crippen LogP contribution in [0.15, 0.2) is 12.2 Å². The van der Waals surface area contributed by atoms with Gasteiger partial charge in [-0.25, -0.2) is 0 Å². The molecule has 3 atom stereocenters. The molecule has 2 amide bonds. The first kappa shape index (κ1) is 16.1. The Balaban J connectivity index is 1.96. The van der Waals surface area contributed by atoms with Crippen molar-refractivity contribution >= 4 is 11.8 Å². The summed E-state index contributed by atoms with van der Waals surface area (Å²) in [5.41, 5.74) is 0.589. The lowest BCUT2D eigenvalue weighted by Gasteiger charge is -2.53. The fourth-order valence-electron chi connectivity index (χ4n) is 3.36. The summed E-state index contributed by atoms with van der Waals surface area (Å²) in [5.74, 6) is 1.10. The average Bonchev–Trinajstić information content (AvgIpc) is 2.36. The molecule has 3 fully saturated rings. The molecule has 0 aromatic rings. The van der Waals surface area contributed by atoms with Gasteiger partial charge in [-0.05, 0) is 39.0 Å². The van der Waals surface area contributed by atoms with Crippen molar-refractivity contribution in [3.63, 3.8) is 0 Å². The molecule has 3 aliphatic rings. The second kappa shape index (κ2) is 5.47. The number of nitrogens with one attached hydrogen (secondary N) is 1. The maximum absolute atomic E-state index is 12.5. The number of hydrogen-bond acceptors (Lipinski definition) is 2. The zero-order chi connectivity index (χ0) is 15.9. The number of hydrogen-bond donors (Lipinski definition) is 1. The predicted molar refractivity (Wildman–Crippen MR) is 83.5 cm³/mol. The van der Waals surface area contributed by atoms with Gasteiger partial charge in [-0.2, -0.15) is 0 Å². The highest BCUT2D eigenvalue weighted by atomic mass is 16.2. The summed E-state index contributed by atoms with van der Waals surface area (Å²) in [4.78, 5) is 26.5. The van der Waals surface area contributed by atoms with Crippen LogP contribution >= 0.6 is 0 Å². The fourth-order valence-corrected chi connectivity index (χ4v) is 3.36. The minimum Gasteiger partial charge on any atom is -0.347 e. The summed E-state index contributed by atoms with van der Waals surface area (Å²) in [5, 5.41) is 3.11. The molecule has 0 radical (unpaired) electrons. The predicted octanol–water partition coefficient (Wildman–Crippen LogP) is 2.21. The van der Waals surface area contributed by atoms with Crippen LogP contribution in [0.2, 0.25) is 0 Å². The van der Waals surface area contributed by atoms with Crippen LogP contribution in [0.1, 0.15) is 41.0 Å². The highest BCUT2D eigenvalue weighted by Gasteiger charge is 2.51. The Kier molecular flexibility index (Phi) is 4.18. The number of piperidine rings is 2. The third-order valence-electron chi connectivity index (χ3n) is 5.14. The molecule has 1 N–H and O–H groups in total. The Hall–Kier alpha value is -1.32. The minimum atomic E-state index is -0.367. The molecule has 2 bridgehead atoms. The van der Waals surface area contributed by atoms with E-state index < -0.39 is 0 Å². The van der Waals surface area contributed by atoms with E-state index in [9.17, 15) is 9.59 Å². The van der Waals surface area contributed by atoms with Gasteiger partial charge in [0.1, 0.15) is 0 Å². The zero-order valence-corrected chi connectivity index (χ0v) is 13.9. The fraction of sp³-hybridized carbons (Fsp3) is 0.765. The molecular weight excluding hydrogens is 264 g/mol. The lowest BCUT2D eigenvalue weighted by Crippen LogP contribution is -2.62. The van der Waals surface area contributed by atoms with Gasteiger partial charge in [-0.3, -0.25) is 9.59 Å². The number of amides is 2. The quantitative estimate of drug-likeness (QED) is 0.808. The van der Waals surface area contributed by atoms with Crippen molar-refractivity contribution < 1.29 is 9.59 Å². The number of carbonyl (C=O) groups is 2. The van der Waals surface area contributed by atoms with Gasteiger partial charge in [0.05, 0.1) is 5.54 Å². The number of fused-ring (bicyclic) bond motifs is 2. The molecule has 2 unspecified atom stereocenters. The van der Waals surface area contributed by atoms with Crippen molar-refractivity contribution in [3.8, 4) is 0 Å². The molecule has 2 heterocycles. The molecule has 1 saturated carbocycles. The molecule has 2 aliphatic heterocycles. The van der Waals surface area contributed by atoms with E-state index in [-0.39, 0.29) is 29.2 Å². The summed E-state index contributed by atoms with van der Waals surface area (Å²) in [7, 11) is 0. The summed E-state index contributed by atoms with van der Waals surface area (Å²) >= 11 is 0. The van der Waals surface area contributed by atoms with E-state index in [0.29, 0.717) is 11.8 Å². The molecule has 0 spiro atoms. The highest BCUT2D eigenvalue weighted by Crippen LogP contribution is 2.46.